The molecule has 0 saturated carbocycles. The highest BCUT2D eigenvalue weighted by Crippen LogP contribution is 2.24. The molecule has 0 radical (unpaired) electrons. The lowest BCUT2D eigenvalue weighted by Crippen LogP contribution is -2.31. The molecule has 0 saturated heterocycles. The van der Waals surface area contributed by atoms with Crippen LogP contribution in [-0.2, 0) is 0 Å². The van der Waals surface area contributed by atoms with Gasteiger partial charge in [-0.25, -0.2) is 4.39 Å². The van der Waals surface area contributed by atoms with E-state index in [1.54, 1.807) is 4.90 Å². The van der Waals surface area contributed by atoms with E-state index in [0.29, 0.717) is 12.3 Å². The van der Waals surface area contributed by atoms with Crippen molar-refractivity contribution in [3.63, 3.8) is 0 Å². The molecular weight excluding hydrogens is 257 g/mol. The summed E-state index contributed by atoms with van der Waals surface area (Å²) in [6, 6.07) is 13.2. The van der Waals surface area contributed by atoms with Crippen LogP contribution in [-0.4, -0.2) is 19.6 Å². The van der Waals surface area contributed by atoms with E-state index in [1.807, 2.05) is 37.3 Å². The fourth-order valence-corrected chi connectivity index (χ4v) is 2.04. The standard InChI is InChI=1S/C16H16FNO2/c1-3-18(13-7-5-4-6-8-13)16(19)14-11-12(17)9-10-15(14)20-2/h4-11H,3H2,1-2H3. The van der Waals surface area contributed by atoms with Crippen molar-refractivity contribution in [2.45, 2.75) is 6.92 Å². The summed E-state index contributed by atoms with van der Waals surface area (Å²) < 4.78 is 18.5. The molecule has 3 nitrogen and oxygen atoms in total. The second kappa shape index (κ2) is 6.19. The van der Waals surface area contributed by atoms with Gasteiger partial charge < -0.3 is 9.64 Å². The molecule has 2 rings (SSSR count). The Hall–Kier alpha value is -2.36. The molecule has 0 bridgehead atoms. The molecule has 0 aliphatic rings. The normalized spacial score (nSPS) is 10.2. The molecular formula is C16H16FNO2. The van der Waals surface area contributed by atoms with Crippen LogP contribution in [0.25, 0.3) is 0 Å². The summed E-state index contributed by atoms with van der Waals surface area (Å²) in [6.07, 6.45) is 0. The van der Waals surface area contributed by atoms with Crippen LogP contribution in [0.15, 0.2) is 48.5 Å². The van der Waals surface area contributed by atoms with Gasteiger partial charge in [-0.15, -0.1) is 0 Å². The van der Waals surface area contributed by atoms with Crippen molar-refractivity contribution in [2.75, 3.05) is 18.6 Å². The summed E-state index contributed by atoms with van der Waals surface area (Å²) in [4.78, 5) is 14.2. The zero-order valence-electron chi connectivity index (χ0n) is 11.5. The maximum Gasteiger partial charge on any atom is 0.262 e. The average molecular weight is 273 g/mol. The van der Waals surface area contributed by atoms with E-state index in [0.717, 1.165) is 5.69 Å². The van der Waals surface area contributed by atoms with Crippen molar-refractivity contribution in [2.24, 2.45) is 0 Å². The van der Waals surface area contributed by atoms with E-state index in [-0.39, 0.29) is 11.5 Å². The molecule has 20 heavy (non-hydrogen) atoms. The van der Waals surface area contributed by atoms with Crippen molar-refractivity contribution in [3.8, 4) is 5.75 Å². The Balaban J connectivity index is 2.41. The third-order valence-electron chi connectivity index (χ3n) is 3.02. The Bertz CT molecular complexity index is 599. The largest absolute Gasteiger partial charge is 0.496 e. The summed E-state index contributed by atoms with van der Waals surface area (Å²) in [5.74, 6) is -0.376. The Morgan fingerprint density at radius 1 is 1.20 bits per heavy atom. The molecule has 1 amide bonds. The Labute approximate surface area is 117 Å². The molecule has 104 valence electrons. The van der Waals surface area contributed by atoms with Crippen LogP contribution in [0.1, 0.15) is 17.3 Å². The number of halogens is 1. The van der Waals surface area contributed by atoms with Gasteiger partial charge in [0.15, 0.2) is 0 Å². The summed E-state index contributed by atoms with van der Waals surface area (Å²) in [7, 11) is 1.46. The number of methoxy groups -OCH3 is 1. The minimum atomic E-state index is -0.460. The van der Waals surface area contributed by atoms with E-state index < -0.39 is 5.82 Å². The number of carbonyl (C=O) groups is 1. The monoisotopic (exact) mass is 273 g/mol. The SMILES string of the molecule is CCN(C(=O)c1cc(F)ccc1OC)c1ccccc1. The van der Waals surface area contributed by atoms with Gasteiger partial charge in [-0.3, -0.25) is 4.79 Å². The third kappa shape index (κ3) is 2.79. The first-order valence-corrected chi connectivity index (χ1v) is 6.37. The molecule has 4 heteroatoms. The van der Waals surface area contributed by atoms with Crippen LogP contribution < -0.4 is 9.64 Å². The molecule has 0 aromatic heterocycles. The summed E-state index contributed by atoms with van der Waals surface area (Å²) in [5, 5.41) is 0. The fourth-order valence-electron chi connectivity index (χ4n) is 2.04. The molecule has 0 aliphatic carbocycles. The molecule has 2 aromatic rings. The van der Waals surface area contributed by atoms with Crippen LogP contribution in [0.3, 0.4) is 0 Å². The number of carbonyl (C=O) groups excluding carboxylic acids is 1. The lowest BCUT2D eigenvalue weighted by molar-refractivity contribution is 0.0985. The number of anilines is 1. The minimum Gasteiger partial charge on any atom is -0.496 e. The number of rotatable bonds is 4. The van der Waals surface area contributed by atoms with Crippen molar-refractivity contribution in [3.05, 3.63) is 59.9 Å². The molecule has 0 spiro atoms. The number of ether oxygens (including phenoxy) is 1. The summed E-state index contributed by atoms with van der Waals surface area (Å²) >= 11 is 0. The number of nitrogens with zero attached hydrogens (tertiary/aromatic N) is 1. The zero-order valence-corrected chi connectivity index (χ0v) is 11.5. The maximum absolute atomic E-state index is 13.4. The number of benzene rings is 2. The quantitative estimate of drug-likeness (QED) is 0.853. The highest BCUT2D eigenvalue weighted by molar-refractivity contribution is 6.07. The van der Waals surface area contributed by atoms with Gasteiger partial charge in [0.1, 0.15) is 11.6 Å². The van der Waals surface area contributed by atoms with E-state index in [4.69, 9.17) is 4.74 Å². The highest BCUT2D eigenvalue weighted by atomic mass is 19.1. The van der Waals surface area contributed by atoms with Crippen LogP contribution in [0.2, 0.25) is 0 Å². The first kappa shape index (κ1) is 14.1. The van der Waals surface area contributed by atoms with Crippen LogP contribution >= 0.6 is 0 Å². The lowest BCUT2D eigenvalue weighted by Gasteiger charge is -2.22. The second-order valence-corrected chi connectivity index (χ2v) is 4.23. The number of amides is 1. The number of hydrogen-bond donors (Lipinski definition) is 0. The maximum atomic E-state index is 13.4. The van der Waals surface area contributed by atoms with Crippen LogP contribution in [0.5, 0.6) is 5.75 Å². The van der Waals surface area contributed by atoms with Crippen LogP contribution in [0, 0.1) is 5.82 Å². The molecule has 2 aromatic carbocycles. The lowest BCUT2D eigenvalue weighted by atomic mass is 10.1. The van der Waals surface area contributed by atoms with Crippen LogP contribution in [0.4, 0.5) is 10.1 Å². The van der Waals surface area contributed by atoms with Gasteiger partial charge in [-0.2, -0.15) is 0 Å². The number of para-hydroxylation sites is 1. The predicted octanol–water partition coefficient (Wildman–Crippen LogP) is 3.50. The molecule has 0 N–H and O–H groups in total. The second-order valence-electron chi connectivity index (χ2n) is 4.23. The van der Waals surface area contributed by atoms with Gasteiger partial charge in [0.2, 0.25) is 0 Å². The van der Waals surface area contributed by atoms with Gasteiger partial charge in [0.05, 0.1) is 12.7 Å². The minimum absolute atomic E-state index is 0.221. The first-order chi connectivity index (χ1) is 9.67. The van der Waals surface area contributed by atoms with Crippen molar-refractivity contribution in [1.82, 2.24) is 0 Å². The summed E-state index contributed by atoms with van der Waals surface area (Å²) in [5.41, 5.74) is 0.990. The predicted molar refractivity (Wildman–Crippen MR) is 76.7 cm³/mol. The van der Waals surface area contributed by atoms with Gasteiger partial charge in [-0.1, -0.05) is 18.2 Å². The topological polar surface area (TPSA) is 29.5 Å². The van der Waals surface area contributed by atoms with Gasteiger partial charge >= 0.3 is 0 Å². The Kier molecular flexibility index (Phi) is 4.35. The summed E-state index contributed by atoms with van der Waals surface area (Å²) in [6.45, 7) is 2.36. The Morgan fingerprint density at radius 3 is 2.50 bits per heavy atom. The molecule has 0 atom stereocenters. The van der Waals surface area contributed by atoms with Gasteiger partial charge in [0, 0.05) is 12.2 Å². The van der Waals surface area contributed by atoms with Gasteiger partial charge in [0.25, 0.3) is 5.91 Å². The van der Waals surface area contributed by atoms with E-state index in [9.17, 15) is 9.18 Å². The average Bonchev–Trinajstić information content (AvgIpc) is 2.49. The van der Waals surface area contributed by atoms with Crippen molar-refractivity contribution >= 4 is 11.6 Å². The van der Waals surface area contributed by atoms with E-state index in [1.165, 1.54) is 25.3 Å². The molecule has 0 fully saturated rings. The molecule has 0 heterocycles. The smallest absolute Gasteiger partial charge is 0.262 e. The fraction of sp³-hybridized carbons (Fsp3) is 0.188. The highest BCUT2D eigenvalue weighted by Gasteiger charge is 2.20. The van der Waals surface area contributed by atoms with E-state index in [2.05, 4.69) is 0 Å². The van der Waals surface area contributed by atoms with Crippen molar-refractivity contribution < 1.29 is 13.9 Å². The first-order valence-electron chi connectivity index (χ1n) is 6.37. The zero-order chi connectivity index (χ0) is 14.5. The van der Waals surface area contributed by atoms with Gasteiger partial charge in [-0.05, 0) is 37.3 Å². The van der Waals surface area contributed by atoms with E-state index >= 15 is 0 Å². The third-order valence-corrected chi connectivity index (χ3v) is 3.02. The molecule has 0 unspecified atom stereocenters. The number of hydrogen-bond acceptors (Lipinski definition) is 2. The Morgan fingerprint density at radius 2 is 1.90 bits per heavy atom. The van der Waals surface area contributed by atoms with Crippen molar-refractivity contribution in [1.29, 1.82) is 0 Å². The molecule has 0 aliphatic heterocycles.